The molecule has 0 unspecified atom stereocenters. The van der Waals surface area contributed by atoms with Gasteiger partial charge in [-0.15, -0.1) is 0 Å². The van der Waals surface area contributed by atoms with Crippen LogP contribution in [0.25, 0.3) is 5.76 Å². The van der Waals surface area contributed by atoms with Crippen LogP contribution in [0.3, 0.4) is 0 Å². The minimum Gasteiger partial charge on any atom is -0.507 e. The highest BCUT2D eigenvalue weighted by molar-refractivity contribution is 9.10. The number of amides is 1. The second kappa shape index (κ2) is 8.72. The average Bonchev–Trinajstić information content (AvgIpc) is 3.01. The predicted molar refractivity (Wildman–Crippen MR) is 119 cm³/mol. The Labute approximate surface area is 189 Å². The fourth-order valence-electron chi connectivity index (χ4n) is 3.79. The molecule has 0 radical (unpaired) electrons. The van der Waals surface area contributed by atoms with Gasteiger partial charge in [0.1, 0.15) is 19.0 Å². The Morgan fingerprint density at radius 3 is 2.58 bits per heavy atom. The second-order valence-corrected chi connectivity index (χ2v) is 8.62. The third-order valence-corrected chi connectivity index (χ3v) is 5.80. The van der Waals surface area contributed by atoms with E-state index in [0.29, 0.717) is 43.4 Å². The van der Waals surface area contributed by atoms with Gasteiger partial charge in [0.05, 0.1) is 11.6 Å². The highest BCUT2D eigenvalue weighted by Crippen LogP contribution is 2.41. The van der Waals surface area contributed by atoms with Gasteiger partial charge in [-0.1, -0.05) is 28.1 Å². The van der Waals surface area contributed by atoms with E-state index in [1.807, 2.05) is 43.3 Å². The van der Waals surface area contributed by atoms with Crippen molar-refractivity contribution in [2.45, 2.75) is 6.04 Å². The molecule has 2 aliphatic rings. The summed E-state index contributed by atoms with van der Waals surface area (Å²) < 4.78 is 12.0. The van der Waals surface area contributed by atoms with Gasteiger partial charge < -0.3 is 24.4 Å². The fourth-order valence-corrected chi connectivity index (χ4v) is 4.20. The summed E-state index contributed by atoms with van der Waals surface area (Å²) in [5, 5.41) is 11.2. The SMILES string of the molecule is CN(C)CCN1C(=O)C(=O)/C(=C(/O)c2ccc3c(c2)OCCO3)[C@@H]1c1cccc(Br)c1. The van der Waals surface area contributed by atoms with Crippen LogP contribution in [0.1, 0.15) is 17.2 Å². The van der Waals surface area contributed by atoms with E-state index < -0.39 is 17.7 Å². The van der Waals surface area contributed by atoms with Crippen LogP contribution in [-0.2, 0) is 9.59 Å². The van der Waals surface area contributed by atoms with Crippen LogP contribution in [0.5, 0.6) is 11.5 Å². The number of likely N-dealkylation sites (tertiary alicyclic amines) is 1. The van der Waals surface area contributed by atoms with E-state index in [1.165, 1.54) is 4.90 Å². The standard InChI is InChI=1S/C23H23BrN2O5/c1-25(2)8-9-26-20(14-4-3-5-16(24)12-14)19(22(28)23(26)29)21(27)15-6-7-17-18(13-15)31-11-10-30-17/h3-7,12-13,20,27H,8-11H2,1-2H3/b21-19+/t20-/m0/s1. The zero-order chi connectivity index (χ0) is 22.1. The van der Waals surface area contributed by atoms with E-state index in [2.05, 4.69) is 15.9 Å². The number of benzene rings is 2. The summed E-state index contributed by atoms with van der Waals surface area (Å²) in [7, 11) is 3.81. The third-order valence-electron chi connectivity index (χ3n) is 5.31. The van der Waals surface area contributed by atoms with Crippen LogP contribution in [0, 0.1) is 0 Å². The van der Waals surface area contributed by atoms with Crippen molar-refractivity contribution < 1.29 is 24.2 Å². The minimum absolute atomic E-state index is 0.0681. The van der Waals surface area contributed by atoms with Crippen molar-refractivity contribution in [2.75, 3.05) is 40.4 Å². The predicted octanol–water partition coefficient (Wildman–Crippen LogP) is 3.20. The Bertz CT molecular complexity index is 1070. The topological polar surface area (TPSA) is 79.3 Å². The number of aliphatic hydroxyl groups excluding tert-OH is 1. The Hall–Kier alpha value is -2.84. The zero-order valence-corrected chi connectivity index (χ0v) is 18.9. The summed E-state index contributed by atoms with van der Waals surface area (Å²) in [5.41, 5.74) is 1.21. The lowest BCUT2D eigenvalue weighted by atomic mass is 9.95. The highest BCUT2D eigenvalue weighted by atomic mass is 79.9. The number of hydrogen-bond acceptors (Lipinski definition) is 6. The van der Waals surface area contributed by atoms with Crippen molar-refractivity contribution >= 4 is 33.4 Å². The van der Waals surface area contributed by atoms with Crippen molar-refractivity contribution in [1.29, 1.82) is 0 Å². The molecule has 1 fully saturated rings. The van der Waals surface area contributed by atoms with E-state index >= 15 is 0 Å². The van der Waals surface area contributed by atoms with Gasteiger partial charge in [-0.2, -0.15) is 0 Å². The molecule has 0 aromatic heterocycles. The first kappa shape index (κ1) is 21.4. The number of carbonyl (C=O) groups is 2. The molecule has 1 atom stereocenters. The van der Waals surface area contributed by atoms with Crippen LogP contribution < -0.4 is 9.47 Å². The summed E-state index contributed by atoms with van der Waals surface area (Å²) in [5.74, 6) is -0.469. The number of likely N-dealkylation sites (N-methyl/N-ethyl adjacent to an activating group) is 1. The number of fused-ring (bicyclic) bond motifs is 1. The molecule has 7 nitrogen and oxygen atoms in total. The number of carbonyl (C=O) groups excluding carboxylic acids is 2. The molecule has 0 aliphatic carbocycles. The zero-order valence-electron chi connectivity index (χ0n) is 17.3. The Morgan fingerprint density at radius 1 is 1.13 bits per heavy atom. The third kappa shape index (κ3) is 4.18. The van der Waals surface area contributed by atoms with E-state index in [9.17, 15) is 14.7 Å². The molecule has 1 amide bonds. The van der Waals surface area contributed by atoms with Gasteiger partial charge in [0, 0.05) is 23.1 Å². The van der Waals surface area contributed by atoms with E-state index in [0.717, 1.165) is 10.0 Å². The van der Waals surface area contributed by atoms with Crippen molar-refractivity contribution in [3.8, 4) is 11.5 Å². The number of halogens is 1. The molecule has 2 aromatic carbocycles. The quantitative estimate of drug-likeness (QED) is 0.397. The minimum atomic E-state index is -0.698. The molecule has 2 aliphatic heterocycles. The van der Waals surface area contributed by atoms with Crippen molar-refractivity contribution in [2.24, 2.45) is 0 Å². The van der Waals surface area contributed by atoms with Gasteiger partial charge >= 0.3 is 0 Å². The highest BCUT2D eigenvalue weighted by Gasteiger charge is 2.46. The van der Waals surface area contributed by atoms with E-state index in [4.69, 9.17) is 9.47 Å². The molecule has 1 N–H and O–H groups in total. The molecule has 4 rings (SSSR count). The second-order valence-electron chi connectivity index (χ2n) is 7.71. The molecule has 31 heavy (non-hydrogen) atoms. The maximum Gasteiger partial charge on any atom is 0.295 e. The summed E-state index contributed by atoms with van der Waals surface area (Å²) in [6.45, 7) is 1.80. The average molecular weight is 487 g/mol. The number of hydrogen-bond donors (Lipinski definition) is 1. The largest absolute Gasteiger partial charge is 0.507 e. The first-order chi connectivity index (χ1) is 14.9. The summed E-state index contributed by atoms with van der Waals surface area (Å²) >= 11 is 3.46. The number of aliphatic hydroxyl groups is 1. The summed E-state index contributed by atoms with van der Waals surface area (Å²) in [4.78, 5) is 29.4. The monoisotopic (exact) mass is 486 g/mol. The van der Waals surface area contributed by atoms with Gasteiger partial charge in [0.25, 0.3) is 11.7 Å². The molecule has 0 bridgehead atoms. The number of nitrogens with zero attached hydrogens (tertiary/aromatic N) is 2. The molecular weight excluding hydrogens is 464 g/mol. The molecule has 2 heterocycles. The lowest BCUT2D eigenvalue weighted by Gasteiger charge is -2.26. The van der Waals surface area contributed by atoms with Crippen LogP contribution in [0.15, 0.2) is 52.5 Å². The maximum absolute atomic E-state index is 13.0. The molecular formula is C23H23BrN2O5. The van der Waals surface area contributed by atoms with Gasteiger partial charge in [-0.3, -0.25) is 9.59 Å². The van der Waals surface area contributed by atoms with Crippen LogP contribution >= 0.6 is 15.9 Å². The van der Waals surface area contributed by atoms with Gasteiger partial charge in [-0.05, 0) is 50.0 Å². The molecule has 1 saturated heterocycles. The van der Waals surface area contributed by atoms with Gasteiger partial charge in [-0.25, -0.2) is 0 Å². The summed E-state index contributed by atoms with van der Waals surface area (Å²) in [6, 6.07) is 11.7. The molecule has 162 valence electrons. The maximum atomic E-state index is 13.0. The van der Waals surface area contributed by atoms with Crippen molar-refractivity contribution in [1.82, 2.24) is 9.80 Å². The molecule has 0 spiro atoms. The van der Waals surface area contributed by atoms with Crippen LogP contribution in [0.4, 0.5) is 0 Å². The lowest BCUT2D eigenvalue weighted by molar-refractivity contribution is -0.140. The summed E-state index contributed by atoms with van der Waals surface area (Å²) in [6.07, 6.45) is 0. The number of ether oxygens (including phenoxy) is 2. The Kier molecular flexibility index (Phi) is 6.02. The fraction of sp³-hybridized carbons (Fsp3) is 0.304. The number of rotatable bonds is 5. The Morgan fingerprint density at radius 2 is 1.87 bits per heavy atom. The van der Waals surface area contributed by atoms with Crippen LogP contribution in [0.2, 0.25) is 0 Å². The van der Waals surface area contributed by atoms with Crippen molar-refractivity contribution in [3.05, 3.63) is 63.6 Å². The molecule has 2 aromatic rings. The van der Waals surface area contributed by atoms with Crippen molar-refractivity contribution in [3.63, 3.8) is 0 Å². The first-order valence-corrected chi connectivity index (χ1v) is 10.7. The lowest BCUT2D eigenvalue weighted by Crippen LogP contribution is -2.35. The smallest absolute Gasteiger partial charge is 0.295 e. The Balaban J connectivity index is 1.83. The molecule has 0 saturated carbocycles. The van der Waals surface area contributed by atoms with Gasteiger partial charge in [0.2, 0.25) is 0 Å². The van der Waals surface area contributed by atoms with E-state index in [-0.39, 0.29) is 11.3 Å². The number of ketones is 1. The molecule has 8 heteroatoms. The normalized spacial score (nSPS) is 19.9. The van der Waals surface area contributed by atoms with Crippen LogP contribution in [-0.4, -0.2) is 67.0 Å². The van der Waals surface area contributed by atoms with Gasteiger partial charge in [0.15, 0.2) is 11.5 Å². The number of Topliss-reactive ketones (excluding diaryl/α,β-unsaturated/α-hetero) is 1. The van der Waals surface area contributed by atoms with E-state index in [1.54, 1.807) is 18.2 Å². The first-order valence-electron chi connectivity index (χ1n) is 9.95.